The molecule has 0 fully saturated rings. The van der Waals surface area contributed by atoms with E-state index < -0.39 is 0 Å². The van der Waals surface area contributed by atoms with Crippen molar-refractivity contribution in [1.82, 2.24) is 4.57 Å². The highest BCUT2D eigenvalue weighted by atomic mass is 15.2. The van der Waals surface area contributed by atoms with Crippen LogP contribution in [0.15, 0.2) is 207 Å². The lowest BCUT2D eigenvalue weighted by atomic mass is 9.82. The molecule has 71 heavy (non-hydrogen) atoms. The molecule has 2 aliphatic carbocycles. The molecule has 2 heteroatoms. The van der Waals surface area contributed by atoms with Crippen LogP contribution in [0.2, 0.25) is 0 Å². The third-order valence-electron chi connectivity index (χ3n) is 15.5. The molecule has 0 amide bonds. The number of aromatic nitrogens is 1. The van der Waals surface area contributed by atoms with E-state index >= 15 is 0 Å². The van der Waals surface area contributed by atoms with Crippen LogP contribution in [0.1, 0.15) is 90.1 Å². The van der Waals surface area contributed by atoms with Crippen molar-refractivity contribution in [2.45, 2.75) is 73.1 Å². The minimum absolute atomic E-state index is 0.0370. The molecule has 348 valence electrons. The van der Waals surface area contributed by atoms with Crippen molar-refractivity contribution in [2.75, 3.05) is 4.90 Å². The Bertz CT molecular complexity index is 3840. The highest BCUT2D eigenvalue weighted by Crippen LogP contribution is 2.55. The topological polar surface area (TPSA) is 8.17 Å². The third kappa shape index (κ3) is 6.83. The van der Waals surface area contributed by atoms with Crippen LogP contribution in [0.3, 0.4) is 0 Å². The van der Waals surface area contributed by atoms with Crippen LogP contribution in [-0.4, -0.2) is 4.57 Å². The first-order valence-corrected chi connectivity index (χ1v) is 25.7. The lowest BCUT2D eigenvalue weighted by molar-refractivity contribution is 0.660. The first-order valence-electron chi connectivity index (χ1n) is 25.7. The molecule has 0 atom stereocenters. The number of fused-ring (bicyclic) bond motifs is 11. The normalized spacial score (nSPS) is 14.4. The number of benzene rings is 9. The Morgan fingerprint density at radius 2 is 1.06 bits per heavy atom. The molecule has 0 radical (unpaired) electrons. The van der Waals surface area contributed by atoms with Gasteiger partial charge in [-0.2, -0.15) is 0 Å². The number of allylic oxidation sites excluding steroid dienone is 5. The van der Waals surface area contributed by atoms with Crippen molar-refractivity contribution in [3.05, 3.63) is 235 Å². The van der Waals surface area contributed by atoms with E-state index in [4.69, 9.17) is 0 Å². The molecule has 3 aliphatic rings. The van der Waals surface area contributed by atoms with E-state index in [-0.39, 0.29) is 10.8 Å². The zero-order valence-electron chi connectivity index (χ0n) is 42.7. The summed E-state index contributed by atoms with van der Waals surface area (Å²) in [7, 11) is 0. The van der Waals surface area contributed by atoms with Crippen molar-refractivity contribution in [3.63, 3.8) is 0 Å². The first kappa shape index (κ1) is 45.5. The molecule has 2 nitrogen and oxygen atoms in total. The molecule has 9 aromatic carbocycles. The Balaban J connectivity index is 0.00000134. The van der Waals surface area contributed by atoms with E-state index in [1.165, 1.54) is 99.6 Å². The second-order valence-corrected chi connectivity index (χ2v) is 19.7. The van der Waals surface area contributed by atoms with Gasteiger partial charge in [0.05, 0.1) is 22.4 Å². The number of para-hydroxylation sites is 1. The molecule has 0 N–H and O–H groups in total. The van der Waals surface area contributed by atoms with E-state index in [0.29, 0.717) is 0 Å². The molecule has 13 rings (SSSR count). The van der Waals surface area contributed by atoms with Crippen LogP contribution < -0.4 is 4.90 Å². The molecule has 1 aromatic heterocycles. The maximum atomic E-state index is 4.48. The van der Waals surface area contributed by atoms with Gasteiger partial charge in [0.25, 0.3) is 0 Å². The third-order valence-corrected chi connectivity index (χ3v) is 15.5. The van der Waals surface area contributed by atoms with Gasteiger partial charge in [0.2, 0.25) is 0 Å². The zero-order chi connectivity index (χ0) is 49.3. The molecule has 0 saturated carbocycles. The average Bonchev–Trinajstić information content (AvgIpc) is 3.95. The fourth-order valence-corrected chi connectivity index (χ4v) is 12.2. The summed E-state index contributed by atoms with van der Waals surface area (Å²) in [4.78, 5) is 2.50. The summed E-state index contributed by atoms with van der Waals surface area (Å²) in [6.45, 7) is 24.0. The van der Waals surface area contributed by atoms with Crippen molar-refractivity contribution < 1.29 is 0 Å². The predicted octanol–water partition coefficient (Wildman–Crippen LogP) is 19.9. The number of hydrogen-bond donors (Lipinski definition) is 0. The lowest BCUT2D eigenvalue weighted by Gasteiger charge is -2.34. The van der Waals surface area contributed by atoms with Crippen molar-refractivity contribution in [2.24, 2.45) is 0 Å². The van der Waals surface area contributed by atoms with E-state index in [1.54, 1.807) is 0 Å². The molecule has 0 saturated heterocycles. The molecule has 0 spiro atoms. The van der Waals surface area contributed by atoms with Crippen molar-refractivity contribution >= 4 is 60.9 Å². The fraction of sp³-hybridized carbons (Fsp3) is 0.159. The lowest BCUT2D eigenvalue weighted by Crippen LogP contribution is -2.15. The van der Waals surface area contributed by atoms with Crippen LogP contribution in [0.5, 0.6) is 0 Å². The summed E-state index contributed by atoms with van der Waals surface area (Å²) in [6, 6.07) is 68.3. The van der Waals surface area contributed by atoms with E-state index in [0.717, 1.165) is 33.7 Å². The summed E-state index contributed by atoms with van der Waals surface area (Å²) in [5.41, 5.74) is 24.8. The van der Waals surface area contributed by atoms with E-state index in [1.807, 2.05) is 33.8 Å². The Labute approximate surface area is 420 Å². The minimum Gasteiger partial charge on any atom is -0.309 e. The molecule has 1 aliphatic heterocycles. The SMILES string of the molecule is C=C/C(=C\C(=C/C)c1ccc2c(c1)-c1ccccc1C2(C)C)n1c2ccccc2c2cc3c(cc21)N(c1cccc(-c2ccc4c(c2)-c2ccccc2C4(C)C)c1)c1cccc2cccc-3c12.CC.CC. The average molecular weight is 919 g/mol. The molecule has 10 aromatic rings. The standard InChI is InChI=1S/C65H50N2.2C2H6/c1-7-40(43-30-32-57-51(36-43)47-22-9-12-26-55(47)64(57,3)4)34-45(8-2)66-59-28-14-11-24-49(59)53-38-54-50-25-16-18-41-19-17-29-60(63(41)50)67(62(54)39-61(53)66)46-21-15-20-42(35-46)44-31-33-58-52(37-44)48-23-10-13-27-56(48)65(58,5)6;2*1-2/h7-39H,2H2,1,3-6H3;2*1-2H3/b40-7+,45-34+;;. The summed E-state index contributed by atoms with van der Waals surface area (Å²) < 4.78 is 2.42. The van der Waals surface area contributed by atoms with Crippen LogP contribution in [0.25, 0.3) is 88.4 Å². The minimum atomic E-state index is -0.0437. The van der Waals surface area contributed by atoms with Crippen molar-refractivity contribution in [3.8, 4) is 44.5 Å². The van der Waals surface area contributed by atoms with Crippen LogP contribution in [-0.2, 0) is 10.8 Å². The van der Waals surface area contributed by atoms with Gasteiger partial charge in [0.1, 0.15) is 0 Å². The summed E-state index contributed by atoms with van der Waals surface area (Å²) in [5, 5.41) is 4.94. The smallest absolute Gasteiger partial charge is 0.0562 e. The van der Waals surface area contributed by atoms with Gasteiger partial charge in [-0.1, -0.05) is 202 Å². The Morgan fingerprint density at radius 1 is 0.465 bits per heavy atom. The number of hydrogen-bond acceptors (Lipinski definition) is 1. The Hall–Kier alpha value is -7.94. The molecule has 0 unspecified atom stereocenters. The fourth-order valence-electron chi connectivity index (χ4n) is 12.2. The summed E-state index contributed by atoms with van der Waals surface area (Å²) in [6.07, 6.45) is 6.58. The van der Waals surface area contributed by atoms with Crippen LogP contribution >= 0.6 is 0 Å². The number of rotatable bonds is 6. The predicted molar refractivity (Wildman–Crippen MR) is 308 cm³/mol. The van der Waals surface area contributed by atoms with Gasteiger partial charge in [-0.3, -0.25) is 0 Å². The number of anilines is 3. The number of nitrogens with zero attached hydrogens (tertiary/aromatic N) is 2. The van der Waals surface area contributed by atoms with Crippen LogP contribution in [0.4, 0.5) is 17.1 Å². The molecule has 0 bridgehead atoms. The van der Waals surface area contributed by atoms with Gasteiger partial charge in [-0.15, -0.1) is 0 Å². The van der Waals surface area contributed by atoms with E-state index in [2.05, 4.69) is 245 Å². The van der Waals surface area contributed by atoms with Gasteiger partial charge in [0, 0.05) is 43.9 Å². The Morgan fingerprint density at radius 3 is 1.76 bits per heavy atom. The monoisotopic (exact) mass is 918 g/mol. The second-order valence-electron chi connectivity index (χ2n) is 19.7. The highest BCUT2D eigenvalue weighted by molar-refractivity contribution is 6.19. The molecular weight excluding hydrogens is 857 g/mol. The van der Waals surface area contributed by atoms with Gasteiger partial charge in [-0.25, -0.2) is 0 Å². The largest absolute Gasteiger partial charge is 0.309 e. The Kier molecular flexibility index (Phi) is 11.2. The quantitative estimate of drug-likeness (QED) is 0.151. The van der Waals surface area contributed by atoms with Crippen molar-refractivity contribution in [1.29, 1.82) is 0 Å². The van der Waals surface area contributed by atoms with Gasteiger partial charge in [-0.05, 0) is 145 Å². The maximum Gasteiger partial charge on any atom is 0.0562 e. The summed E-state index contributed by atoms with van der Waals surface area (Å²) in [5.74, 6) is 0. The molecule has 2 heterocycles. The molecular formula is C69H62N2. The highest BCUT2D eigenvalue weighted by Gasteiger charge is 2.37. The maximum absolute atomic E-state index is 4.48. The summed E-state index contributed by atoms with van der Waals surface area (Å²) >= 11 is 0. The first-order chi connectivity index (χ1) is 34.6. The van der Waals surface area contributed by atoms with Gasteiger partial charge < -0.3 is 9.47 Å². The van der Waals surface area contributed by atoms with E-state index in [9.17, 15) is 0 Å². The van der Waals surface area contributed by atoms with Gasteiger partial charge >= 0.3 is 0 Å². The second kappa shape index (κ2) is 17.5. The van der Waals surface area contributed by atoms with Gasteiger partial charge in [0.15, 0.2) is 0 Å². The zero-order valence-corrected chi connectivity index (χ0v) is 42.7. The van der Waals surface area contributed by atoms with Crippen LogP contribution in [0, 0.1) is 0 Å².